The largest absolute Gasteiger partial charge is 0.494 e. The molecule has 4 rings (SSSR count). The Labute approximate surface area is 209 Å². The summed E-state index contributed by atoms with van der Waals surface area (Å²) in [5.74, 6) is 1.38. The van der Waals surface area contributed by atoms with Crippen LogP contribution in [0.4, 0.5) is 0 Å². The molecule has 1 aliphatic carbocycles. The average molecular weight is 469 g/mol. The first-order valence-electron chi connectivity index (χ1n) is 13.1. The summed E-state index contributed by atoms with van der Waals surface area (Å²) in [4.78, 5) is 12.7. The summed E-state index contributed by atoms with van der Waals surface area (Å²) in [6.07, 6.45) is 18.7. The molecule has 1 aliphatic rings. The minimum Gasteiger partial charge on any atom is -0.494 e. The van der Waals surface area contributed by atoms with E-state index in [4.69, 9.17) is 9.47 Å². The molecular formula is C32H36O3. The number of allylic oxidation sites excluding steroid dienone is 4. The minimum atomic E-state index is -0.352. The second kappa shape index (κ2) is 12.9. The van der Waals surface area contributed by atoms with Crippen LogP contribution in [0, 0.1) is 0 Å². The number of carbonyl (C=O) groups excluding carboxylic acids is 1. The van der Waals surface area contributed by atoms with Crippen LogP contribution in [0.5, 0.6) is 11.5 Å². The fraction of sp³-hybridized carbons (Fsp3) is 0.344. The van der Waals surface area contributed by atoms with Crippen LogP contribution < -0.4 is 9.47 Å². The summed E-state index contributed by atoms with van der Waals surface area (Å²) >= 11 is 0. The van der Waals surface area contributed by atoms with E-state index in [0.29, 0.717) is 17.2 Å². The van der Waals surface area contributed by atoms with Crippen molar-refractivity contribution < 1.29 is 14.3 Å². The third-order valence-electron chi connectivity index (χ3n) is 6.54. The molecule has 0 aliphatic heterocycles. The second-order valence-corrected chi connectivity index (χ2v) is 9.30. The number of benzene rings is 3. The van der Waals surface area contributed by atoms with E-state index in [2.05, 4.69) is 19.1 Å². The van der Waals surface area contributed by atoms with Gasteiger partial charge in [0.05, 0.1) is 12.2 Å². The summed E-state index contributed by atoms with van der Waals surface area (Å²) in [5, 5.41) is 2.05. The predicted molar refractivity (Wildman–Crippen MR) is 144 cm³/mol. The summed E-state index contributed by atoms with van der Waals surface area (Å²) in [6, 6.07) is 19.4. The molecule has 0 saturated carbocycles. The molecule has 0 N–H and O–H groups in total. The lowest BCUT2D eigenvalue weighted by Crippen LogP contribution is -2.08. The molecule has 0 bridgehead atoms. The van der Waals surface area contributed by atoms with Gasteiger partial charge in [0.15, 0.2) is 0 Å². The Kier molecular flexibility index (Phi) is 9.17. The first-order chi connectivity index (χ1) is 17.2. The van der Waals surface area contributed by atoms with Gasteiger partial charge in [-0.2, -0.15) is 0 Å². The van der Waals surface area contributed by atoms with Crippen LogP contribution in [0.2, 0.25) is 0 Å². The van der Waals surface area contributed by atoms with Crippen LogP contribution in [0.25, 0.3) is 10.8 Å². The van der Waals surface area contributed by atoms with Crippen LogP contribution in [0.3, 0.4) is 0 Å². The maximum Gasteiger partial charge on any atom is 0.343 e. The zero-order valence-electron chi connectivity index (χ0n) is 20.7. The molecule has 3 aromatic rings. The number of ether oxygens (including phenoxy) is 2. The average Bonchev–Trinajstić information content (AvgIpc) is 3.43. The molecule has 0 fully saturated rings. The SMILES string of the molecule is CCCCCCCCCCOc1ccc2cc(C(=O)Oc3ccc(C4C=CC=C4)cc3)ccc2c1. The van der Waals surface area contributed by atoms with E-state index in [1.807, 2.05) is 72.8 Å². The van der Waals surface area contributed by atoms with Crippen molar-refractivity contribution in [3.8, 4) is 11.5 Å². The monoisotopic (exact) mass is 468 g/mol. The molecule has 0 heterocycles. The van der Waals surface area contributed by atoms with Gasteiger partial charge in [-0.25, -0.2) is 4.79 Å². The first kappa shape index (κ1) is 24.8. The zero-order valence-corrected chi connectivity index (χ0v) is 20.7. The minimum absolute atomic E-state index is 0.300. The van der Waals surface area contributed by atoms with Crippen molar-refractivity contribution in [3.05, 3.63) is 96.1 Å². The Hall–Kier alpha value is -3.33. The van der Waals surface area contributed by atoms with Gasteiger partial charge in [0.1, 0.15) is 11.5 Å². The third kappa shape index (κ3) is 7.32. The molecule has 0 atom stereocenters. The van der Waals surface area contributed by atoms with E-state index in [9.17, 15) is 4.79 Å². The predicted octanol–water partition coefficient (Wildman–Crippen LogP) is 8.79. The van der Waals surface area contributed by atoms with Gasteiger partial charge in [-0.15, -0.1) is 0 Å². The number of esters is 1. The quantitative estimate of drug-likeness (QED) is 0.143. The standard InChI is InChI=1S/C32H36O3/c1-2-3-4-5-6-7-8-11-22-34-31-21-18-27-23-29(15-14-28(27)24-31)32(33)35-30-19-16-26(17-20-30)25-12-9-10-13-25/h9-10,12-21,23-25H,2-8,11,22H2,1H3. The van der Waals surface area contributed by atoms with E-state index in [0.717, 1.165) is 29.5 Å². The third-order valence-corrected chi connectivity index (χ3v) is 6.54. The van der Waals surface area contributed by atoms with Gasteiger partial charge in [-0.3, -0.25) is 0 Å². The molecule has 0 amide bonds. The highest BCUT2D eigenvalue weighted by Crippen LogP contribution is 2.26. The number of fused-ring (bicyclic) bond motifs is 1. The van der Waals surface area contributed by atoms with Gasteiger partial charge in [-0.05, 0) is 59.2 Å². The smallest absolute Gasteiger partial charge is 0.343 e. The lowest BCUT2D eigenvalue weighted by Gasteiger charge is -2.10. The number of hydrogen-bond donors (Lipinski definition) is 0. The van der Waals surface area contributed by atoms with Crippen molar-refractivity contribution in [3.63, 3.8) is 0 Å². The highest BCUT2D eigenvalue weighted by Gasteiger charge is 2.12. The topological polar surface area (TPSA) is 35.5 Å². The normalized spacial score (nSPS) is 12.9. The molecule has 0 radical (unpaired) electrons. The number of rotatable bonds is 13. The number of hydrogen-bond acceptors (Lipinski definition) is 3. The van der Waals surface area contributed by atoms with Crippen LogP contribution in [0.1, 0.15) is 80.1 Å². The van der Waals surface area contributed by atoms with Gasteiger partial charge in [0.2, 0.25) is 0 Å². The molecule has 3 heteroatoms. The lowest BCUT2D eigenvalue weighted by atomic mass is 10.0. The van der Waals surface area contributed by atoms with Crippen molar-refractivity contribution >= 4 is 16.7 Å². The van der Waals surface area contributed by atoms with Crippen molar-refractivity contribution in [2.45, 2.75) is 64.2 Å². The molecular weight excluding hydrogens is 432 g/mol. The molecule has 0 unspecified atom stereocenters. The summed E-state index contributed by atoms with van der Waals surface area (Å²) in [5.41, 5.74) is 1.72. The van der Waals surface area contributed by atoms with Crippen molar-refractivity contribution in [1.29, 1.82) is 0 Å². The lowest BCUT2D eigenvalue weighted by molar-refractivity contribution is 0.0735. The summed E-state index contributed by atoms with van der Waals surface area (Å²) in [6.45, 7) is 3.00. The van der Waals surface area contributed by atoms with Crippen molar-refractivity contribution in [2.75, 3.05) is 6.61 Å². The van der Waals surface area contributed by atoms with Crippen LogP contribution >= 0.6 is 0 Å². The molecule has 0 spiro atoms. The fourth-order valence-corrected chi connectivity index (χ4v) is 4.44. The highest BCUT2D eigenvalue weighted by atomic mass is 16.5. The van der Waals surface area contributed by atoms with E-state index in [-0.39, 0.29) is 5.97 Å². The van der Waals surface area contributed by atoms with E-state index in [1.165, 1.54) is 50.5 Å². The Balaban J connectivity index is 1.25. The highest BCUT2D eigenvalue weighted by molar-refractivity contribution is 5.96. The Morgan fingerprint density at radius 3 is 2.09 bits per heavy atom. The van der Waals surface area contributed by atoms with E-state index >= 15 is 0 Å². The summed E-state index contributed by atoms with van der Waals surface area (Å²) in [7, 11) is 0. The van der Waals surface area contributed by atoms with Crippen molar-refractivity contribution in [2.24, 2.45) is 0 Å². The first-order valence-corrected chi connectivity index (χ1v) is 13.1. The van der Waals surface area contributed by atoms with Gasteiger partial charge in [0, 0.05) is 5.92 Å². The molecule has 182 valence electrons. The van der Waals surface area contributed by atoms with E-state index < -0.39 is 0 Å². The van der Waals surface area contributed by atoms with Gasteiger partial charge in [0.25, 0.3) is 0 Å². The number of unbranched alkanes of at least 4 members (excludes halogenated alkanes) is 7. The van der Waals surface area contributed by atoms with Crippen molar-refractivity contribution in [1.82, 2.24) is 0 Å². The van der Waals surface area contributed by atoms with Gasteiger partial charge in [-0.1, -0.05) is 100 Å². The van der Waals surface area contributed by atoms with Crippen LogP contribution in [0.15, 0.2) is 85.0 Å². The van der Waals surface area contributed by atoms with Gasteiger partial charge >= 0.3 is 5.97 Å². The van der Waals surface area contributed by atoms with E-state index in [1.54, 1.807) is 0 Å². The fourth-order valence-electron chi connectivity index (χ4n) is 4.44. The summed E-state index contributed by atoms with van der Waals surface area (Å²) < 4.78 is 11.6. The molecule has 0 aromatic heterocycles. The van der Waals surface area contributed by atoms with Crippen LogP contribution in [-0.4, -0.2) is 12.6 Å². The molecule has 3 aromatic carbocycles. The maximum absolute atomic E-state index is 12.7. The second-order valence-electron chi connectivity index (χ2n) is 9.30. The Morgan fingerprint density at radius 1 is 0.714 bits per heavy atom. The molecule has 3 nitrogen and oxygen atoms in total. The maximum atomic E-state index is 12.7. The Morgan fingerprint density at radius 2 is 1.34 bits per heavy atom. The Bertz CT molecular complexity index is 1150. The molecule has 35 heavy (non-hydrogen) atoms. The zero-order chi connectivity index (χ0) is 24.3. The van der Waals surface area contributed by atoms with Gasteiger partial charge < -0.3 is 9.47 Å². The molecule has 0 saturated heterocycles. The van der Waals surface area contributed by atoms with Crippen LogP contribution in [-0.2, 0) is 0 Å². The number of carbonyl (C=O) groups is 1.